The van der Waals surface area contributed by atoms with Gasteiger partial charge in [-0.15, -0.1) is 0 Å². The van der Waals surface area contributed by atoms with Crippen molar-refractivity contribution in [2.24, 2.45) is 5.73 Å². The Kier molecular flexibility index (Phi) is 3.39. The summed E-state index contributed by atoms with van der Waals surface area (Å²) >= 11 is 9.57. The van der Waals surface area contributed by atoms with Crippen molar-refractivity contribution >= 4 is 27.5 Å². The van der Waals surface area contributed by atoms with Crippen LogP contribution in [-0.2, 0) is 5.41 Å². The van der Waals surface area contributed by atoms with E-state index in [9.17, 15) is 0 Å². The lowest BCUT2D eigenvalue weighted by atomic mass is 9.62. The Bertz CT molecular complexity index is 340. The van der Waals surface area contributed by atoms with Gasteiger partial charge in [-0.3, -0.25) is 0 Å². The molecule has 1 fully saturated rings. The molecule has 0 unspecified atom stereocenters. The van der Waals surface area contributed by atoms with E-state index in [1.807, 2.05) is 6.07 Å². The van der Waals surface area contributed by atoms with Crippen LogP contribution in [0.25, 0.3) is 0 Å². The average molecular weight is 289 g/mol. The summed E-state index contributed by atoms with van der Waals surface area (Å²) in [5, 5.41) is 0.808. The summed E-state index contributed by atoms with van der Waals surface area (Å²) in [5.74, 6) is 0. The minimum atomic E-state index is 0.308. The van der Waals surface area contributed by atoms with Gasteiger partial charge in [0.1, 0.15) is 0 Å². The molecule has 1 nitrogen and oxygen atoms in total. The van der Waals surface area contributed by atoms with E-state index in [2.05, 4.69) is 28.1 Å². The highest BCUT2D eigenvalue weighted by Gasteiger charge is 2.37. The zero-order valence-corrected chi connectivity index (χ0v) is 10.9. The van der Waals surface area contributed by atoms with Crippen LogP contribution >= 0.6 is 27.5 Å². The number of benzene rings is 1. The van der Waals surface area contributed by atoms with E-state index in [0.29, 0.717) is 5.41 Å². The van der Waals surface area contributed by atoms with Gasteiger partial charge in [-0.2, -0.15) is 0 Å². The number of rotatable bonds is 3. The van der Waals surface area contributed by atoms with Crippen molar-refractivity contribution in [1.29, 1.82) is 0 Å². The van der Waals surface area contributed by atoms with Crippen LogP contribution in [0.1, 0.15) is 31.2 Å². The Morgan fingerprint density at radius 1 is 1.33 bits per heavy atom. The fourth-order valence-corrected chi connectivity index (χ4v) is 3.28. The topological polar surface area (TPSA) is 26.0 Å². The van der Waals surface area contributed by atoms with Crippen molar-refractivity contribution in [2.45, 2.75) is 31.1 Å². The quantitative estimate of drug-likeness (QED) is 0.897. The van der Waals surface area contributed by atoms with Gasteiger partial charge in [0.15, 0.2) is 0 Å². The van der Waals surface area contributed by atoms with Crippen molar-refractivity contribution in [3.05, 3.63) is 33.3 Å². The molecule has 0 bridgehead atoms. The number of hydrogen-bond donors (Lipinski definition) is 1. The van der Waals surface area contributed by atoms with Crippen LogP contribution in [-0.4, -0.2) is 6.54 Å². The molecule has 0 radical (unpaired) electrons. The molecule has 2 rings (SSSR count). The third-order valence-electron chi connectivity index (χ3n) is 3.41. The third-order valence-corrected chi connectivity index (χ3v) is 4.08. The molecule has 0 aromatic heterocycles. The van der Waals surface area contributed by atoms with Gasteiger partial charge in [0, 0.05) is 9.50 Å². The first-order valence-electron chi connectivity index (χ1n) is 5.33. The summed E-state index contributed by atoms with van der Waals surface area (Å²) in [6.07, 6.45) is 4.87. The lowest BCUT2D eigenvalue weighted by Gasteiger charge is -2.42. The maximum Gasteiger partial charge on any atom is 0.0420 e. The van der Waals surface area contributed by atoms with Crippen molar-refractivity contribution in [2.75, 3.05) is 6.54 Å². The van der Waals surface area contributed by atoms with Gasteiger partial charge >= 0.3 is 0 Å². The Morgan fingerprint density at radius 2 is 2.07 bits per heavy atom. The largest absolute Gasteiger partial charge is 0.330 e. The number of nitrogens with two attached hydrogens (primary N) is 1. The number of halogens is 2. The average Bonchev–Trinajstić information content (AvgIpc) is 2.09. The van der Waals surface area contributed by atoms with E-state index in [4.69, 9.17) is 17.3 Å². The Hall–Kier alpha value is -0.0500. The highest BCUT2D eigenvalue weighted by molar-refractivity contribution is 9.10. The van der Waals surface area contributed by atoms with Crippen LogP contribution < -0.4 is 5.73 Å². The van der Waals surface area contributed by atoms with Crippen molar-refractivity contribution in [3.8, 4) is 0 Å². The Morgan fingerprint density at radius 3 is 2.53 bits per heavy atom. The normalized spacial score (nSPS) is 18.6. The zero-order valence-electron chi connectivity index (χ0n) is 8.60. The van der Waals surface area contributed by atoms with E-state index in [1.54, 1.807) is 0 Å². The van der Waals surface area contributed by atoms with Crippen LogP contribution in [0.2, 0.25) is 5.02 Å². The lowest BCUT2D eigenvalue weighted by molar-refractivity contribution is 0.229. The highest BCUT2D eigenvalue weighted by Crippen LogP contribution is 2.47. The molecule has 0 heterocycles. The summed E-state index contributed by atoms with van der Waals surface area (Å²) in [4.78, 5) is 0. The zero-order chi connectivity index (χ0) is 10.9. The van der Waals surface area contributed by atoms with E-state index in [-0.39, 0.29) is 0 Å². The fraction of sp³-hybridized carbons (Fsp3) is 0.500. The molecule has 3 heteroatoms. The third kappa shape index (κ3) is 2.22. The summed E-state index contributed by atoms with van der Waals surface area (Å²) in [6, 6.07) is 6.20. The van der Waals surface area contributed by atoms with Crippen LogP contribution in [0, 0.1) is 0 Å². The summed E-state index contributed by atoms with van der Waals surface area (Å²) in [7, 11) is 0. The molecule has 1 aliphatic rings. The monoisotopic (exact) mass is 287 g/mol. The second-order valence-corrected chi connectivity index (χ2v) is 5.68. The van der Waals surface area contributed by atoms with Gasteiger partial charge in [0.2, 0.25) is 0 Å². The predicted octanol–water partition coefficient (Wildman–Crippen LogP) is 3.87. The molecule has 1 saturated carbocycles. The van der Waals surface area contributed by atoms with Crippen molar-refractivity contribution < 1.29 is 0 Å². The minimum absolute atomic E-state index is 0.308. The number of hydrogen-bond acceptors (Lipinski definition) is 1. The second kappa shape index (κ2) is 4.44. The standard InChI is InChI=1S/C12H15BrClN/c13-10-6-9(7-11(14)8-10)12(4-5-15)2-1-3-12/h6-8H,1-5,15H2. The Labute approximate surface area is 104 Å². The van der Waals surface area contributed by atoms with Crippen LogP contribution in [0.4, 0.5) is 0 Å². The lowest BCUT2D eigenvalue weighted by Crippen LogP contribution is -2.36. The van der Waals surface area contributed by atoms with Gasteiger partial charge in [-0.1, -0.05) is 34.0 Å². The first kappa shape index (κ1) is 11.4. The molecule has 1 aromatic carbocycles. The molecule has 15 heavy (non-hydrogen) atoms. The van der Waals surface area contributed by atoms with Crippen molar-refractivity contribution in [1.82, 2.24) is 0 Å². The predicted molar refractivity (Wildman–Crippen MR) is 68.4 cm³/mol. The molecule has 2 N–H and O–H groups in total. The van der Waals surface area contributed by atoms with Gasteiger partial charge in [0.05, 0.1) is 0 Å². The van der Waals surface area contributed by atoms with Gasteiger partial charge in [0.25, 0.3) is 0 Å². The smallest absolute Gasteiger partial charge is 0.0420 e. The van der Waals surface area contributed by atoms with E-state index >= 15 is 0 Å². The molecular formula is C12H15BrClN. The molecule has 0 saturated heterocycles. The van der Waals surface area contributed by atoms with Crippen LogP contribution in [0.3, 0.4) is 0 Å². The second-order valence-electron chi connectivity index (χ2n) is 4.33. The summed E-state index contributed by atoms with van der Waals surface area (Å²) in [5.41, 5.74) is 7.35. The molecule has 0 spiro atoms. The fourth-order valence-electron chi connectivity index (χ4n) is 2.42. The maximum atomic E-state index is 6.08. The summed E-state index contributed by atoms with van der Waals surface area (Å²) in [6.45, 7) is 0.754. The van der Waals surface area contributed by atoms with Gasteiger partial charge in [-0.05, 0) is 55.0 Å². The van der Waals surface area contributed by atoms with E-state index < -0.39 is 0 Å². The van der Waals surface area contributed by atoms with E-state index in [0.717, 1.165) is 22.5 Å². The molecule has 1 aliphatic carbocycles. The molecule has 0 amide bonds. The molecular weight excluding hydrogens is 273 g/mol. The van der Waals surface area contributed by atoms with Gasteiger partial charge < -0.3 is 5.73 Å². The van der Waals surface area contributed by atoms with Gasteiger partial charge in [-0.25, -0.2) is 0 Å². The molecule has 82 valence electrons. The Balaban J connectivity index is 2.34. The molecule has 0 atom stereocenters. The summed E-state index contributed by atoms with van der Waals surface area (Å²) < 4.78 is 1.06. The molecule has 0 aliphatic heterocycles. The van der Waals surface area contributed by atoms with Crippen LogP contribution in [0.15, 0.2) is 22.7 Å². The highest BCUT2D eigenvalue weighted by atomic mass is 79.9. The van der Waals surface area contributed by atoms with E-state index in [1.165, 1.54) is 24.8 Å². The SMILES string of the molecule is NCCC1(c2cc(Cl)cc(Br)c2)CCC1. The maximum absolute atomic E-state index is 6.08. The first-order chi connectivity index (χ1) is 7.16. The van der Waals surface area contributed by atoms with Crippen LogP contribution in [0.5, 0.6) is 0 Å². The first-order valence-corrected chi connectivity index (χ1v) is 6.50. The van der Waals surface area contributed by atoms with Crippen molar-refractivity contribution in [3.63, 3.8) is 0 Å². The molecule has 1 aromatic rings. The minimum Gasteiger partial charge on any atom is -0.330 e.